The molecule has 3 heteroatoms. The molecule has 0 aliphatic carbocycles. The van der Waals surface area contributed by atoms with Gasteiger partial charge in [-0.2, -0.15) is 5.26 Å². The number of hydrogen-bond acceptors (Lipinski definition) is 1. The van der Waals surface area contributed by atoms with E-state index in [-0.39, 0.29) is 0 Å². The summed E-state index contributed by atoms with van der Waals surface area (Å²) in [6.45, 7) is 1.83. The molecule has 0 N–H and O–H groups in total. The van der Waals surface area contributed by atoms with Gasteiger partial charge in [0.25, 0.3) is 0 Å². The molecule has 0 radical (unpaired) electrons. The molecule has 0 spiro atoms. The third kappa shape index (κ3) is 2.48. The first kappa shape index (κ1) is 10.1. The lowest BCUT2D eigenvalue weighted by molar-refractivity contribution is 1.51. The van der Waals surface area contributed by atoms with Gasteiger partial charge >= 0.3 is 0 Å². The van der Waals surface area contributed by atoms with Crippen LogP contribution in [0.25, 0.3) is 5.57 Å². The van der Waals surface area contributed by atoms with E-state index in [9.17, 15) is 0 Å². The summed E-state index contributed by atoms with van der Waals surface area (Å²) in [5, 5.41) is 9.61. The molecule has 0 fully saturated rings. The zero-order valence-electron chi connectivity index (χ0n) is 7.01. The summed E-state index contributed by atoms with van der Waals surface area (Å²) < 4.78 is 0. The topological polar surface area (TPSA) is 23.8 Å². The van der Waals surface area contributed by atoms with Crippen molar-refractivity contribution < 1.29 is 0 Å². The fraction of sp³-hybridized carbons (Fsp3) is 0.100. The highest BCUT2D eigenvalue weighted by molar-refractivity contribution is 6.35. The molecular formula is C10H7Cl2N. The number of allylic oxidation sites excluding steroid dienone is 2. The van der Waals surface area contributed by atoms with E-state index in [1.807, 2.05) is 13.0 Å². The third-order valence-electron chi connectivity index (χ3n) is 1.64. The smallest absolute Gasteiger partial charge is 0.0915 e. The molecular weight excluding hydrogens is 205 g/mol. The van der Waals surface area contributed by atoms with Gasteiger partial charge in [0.05, 0.1) is 6.07 Å². The molecule has 0 atom stereocenters. The molecule has 0 amide bonds. The molecule has 0 aliphatic rings. The minimum Gasteiger partial charge on any atom is -0.193 e. The van der Waals surface area contributed by atoms with Gasteiger partial charge in [0, 0.05) is 16.1 Å². The van der Waals surface area contributed by atoms with Crippen molar-refractivity contribution in [3.05, 3.63) is 39.9 Å². The molecule has 0 saturated heterocycles. The zero-order chi connectivity index (χ0) is 9.84. The molecule has 0 aromatic heterocycles. The minimum atomic E-state index is 0.566. The van der Waals surface area contributed by atoms with Crippen molar-refractivity contribution in [2.24, 2.45) is 0 Å². The van der Waals surface area contributed by atoms with Gasteiger partial charge in [0.2, 0.25) is 0 Å². The Balaban J connectivity index is 3.18. The maximum Gasteiger partial charge on any atom is 0.0915 e. The molecule has 1 nitrogen and oxygen atoms in total. The standard InChI is InChI=1S/C10H7Cl2N/c1-7(4-5-13)9-3-2-8(11)6-10(9)12/h2-4,6H,1H3/b7-4+. The van der Waals surface area contributed by atoms with Gasteiger partial charge in [-0.3, -0.25) is 0 Å². The van der Waals surface area contributed by atoms with E-state index in [1.54, 1.807) is 18.2 Å². The van der Waals surface area contributed by atoms with Crippen LogP contribution in [0.1, 0.15) is 12.5 Å². The van der Waals surface area contributed by atoms with Crippen LogP contribution < -0.4 is 0 Å². The van der Waals surface area contributed by atoms with Crippen LogP contribution in [0, 0.1) is 11.3 Å². The summed E-state index contributed by atoms with van der Waals surface area (Å²) in [7, 11) is 0. The molecule has 1 aromatic rings. The number of hydrogen-bond donors (Lipinski definition) is 0. The largest absolute Gasteiger partial charge is 0.193 e. The first-order valence-corrected chi connectivity index (χ1v) is 4.42. The van der Waals surface area contributed by atoms with Gasteiger partial charge in [0.15, 0.2) is 0 Å². The Kier molecular flexibility index (Phi) is 3.36. The highest BCUT2D eigenvalue weighted by atomic mass is 35.5. The fourth-order valence-corrected chi connectivity index (χ4v) is 1.54. The van der Waals surface area contributed by atoms with Gasteiger partial charge in [0.1, 0.15) is 0 Å². The van der Waals surface area contributed by atoms with E-state index in [2.05, 4.69) is 0 Å². The van der Waals surface area contributed by atoms with Crippen molar-refractivity contribution in [1.29, 1.82) is 5.26 Å². The predicted molar refractivity (Wildman–Crippen MR) is 55.7 cm³/mol. The van der Waals surface area contributed by atoms with E-state index in [4.69, 9.17) is 28.5 Å². The van der Waals surface area contributed by atoms with E-state index in [1.165, 1.54) is 6.08 Å². The van der Waals surface area contributed by atoms with E-state index >= 15 is 0 Å². The Bertz CT molecular complexity index is 388. The average Bonchev–Trinajstić information content (AvgIpc) is 2.04. The van der Waals surface area contributed by atoms with E-state index in [0.717, 1.165) is 11.1 Å². The van der Waals surface area contributed by atoms with E-state index < -0.39 is 0 Å². The molecule has 0 aliphatic heterocycles. The van der Waals surface area contributed by atoms with Gasteiger partial charge in [-0.15, -0.1) is 0 Å². The molecule has 0 heterocycles. The van der Waals surface area contributed by atoms with Crippen LogP contribution >= 0.6 is 23.2 Å². The molecule has 66 valence electrons. The van der Waals surface area contributed by atoms with E-state index in [0.29, 0.717) is 10.0 Å². The Morgan fingerprint density at radius 2 is 2.15 bits per heavy atom. The molecule has 1 rings (SSSR count). The summed E-state index contributed by atoms with van der Waals surface area (Å²) in [4.78, 5) is 0. The first-order valence-electron chi connectivity index (χ1n) is 3.67. The van der Waals surface area contributed by atoms with Crippen molar-refractivity contribution in [3.63, 3.8) is 0 Å². The quantitative estimate of drug-likeness (QED) is 0.647. The van der Waals surface area contributed by atoms with Crippen LogP contribution in [0.4, 0.5) is 0 Å². The molecule has 0 saturated carbocycles. The summed E-state index contributed by atoms with van der Waals surface area (Å²) in [5.41, 5.74) is 1.68. The lowest BCUT2D eigenvalue weighted by Gasteiger charge is -2.02. The Hall–Kier alpha value is -0.970. The molecule has 1 aromatic carbocycles. The maximum atomic E-state index is 8.45. The van der Waals surface area contributed by atoms with Gasteiger partial charge in [-0.25, -0.2) is 0 Å². The second-order valence-corrected chi connectivity index (χ2v) is 3.42. The highest BCUT2D eigenvalue weighted by Gasteiger charge is 2.02. The third-order valence-corrected chi connectivity index (χ3v) is 2.18. The fourth-order valence-electron chi connectivity index (χ4n) is 0.984. The number of nitriles is 1. The monoisotopic (exact) mass is 211 g/mol. The van der Waals surface area contributed by atoms with Gasteiger partial charge < -0.3 is 0 Å². The summed E-state index contributed by atoms with van der Waals surface area (Å²) in [5.74, 6) is 0. The second-order valence-electron chi connectivity index (χ2n) is 2.58. The lowest BCUT2D eigenvalue weighted by Crippen LogP contribution is -1.80. The van der Waals surface area contributed by atoms with Crippen LogP contribution in [0.15, 0.2) is 24.3 Å². The summed E-state index contributed by atoms with van der Waals surface area (Å²) in [6, 6.07) is 7.16. The van der Waals surface area contributed by atoms with Gasteiger partial charge in [-0.1, -0.05) is 29.3 Å². The zero-order valence-corrected chi connectivity index (χ0v) is 8.52. The SMILES string of the molecule is C/C(=C\C#N)c1ccc(Cl)cc1Cl. The Labute approximate surface area is 87.2 Å². The van der Waals surface area contributed by atoms with Crippen LogP contribution in [-0.4, -0.2) is 0 Å². The number of halogens is 2. The lowest BCUT2D eigenvalue weighted by atomic mass is 10.1. The maximum absolute atomic E-state index is 8.45. The highest BCUT2D eigenvalue weighted by Crippen LogP contribution is 2.26. The van der Waals surface area contributed by atoms with Crippen LogP contribution in [0.2, 0.25) is 10.0 Å². The second kappa shape index (κ2) is 4.32. The number of benzene rings is 1. The molecule has 0 unspecified atom stereocenters. The first-order chi connectivity index (χ1) is 6.15. The van der Waals surface area contributed by atoms with Crippen molar-refractivity contribution in [2.45, 2.75) is 6.92 Å². The Morgan fingerprint density at radius 1 is 1.46 bits per heavy atom. The van der Waals surface area contributed by atoms with Crippen LogP contribution in [-0.2, 0) is 0 Å². The van der Waals surface area contributed by atoms with Gasteiger partial charge in [-0.05, 0) is 30.2 Å². The van der Waals surface area contributed by atoms with Crippen molar-refractivity contribution in [3.8, 4) is 6.07 Å². The minimum absolute atomic E-state index is 0.566. The Morgan fingerprint density at radius 3 is 2.69 bits per heavy atom. The summed E-state index contributed by atoms with van der Waals surface area (Å²) in [6.07, 6.45) is 1.45. The molecule has 13 heavy (non-hydrogen) atoms. The van der Waals surface area contributed by atoms with Crippen molar-refractivity contribution in [2.75, 3.05) is 0 Å². The van der Waals surface area contributed by atoms with Crippen LogP contribution in [0.3, 0.4) is 0 Å². The van der Waals surface area contributed by atoms with Crippen LogP contribution in [0.5, 0.6) is 0 Å². The summed E-state index contributed by atoms with van der Waals surface area (Å²) >= 11 is 11.7. The average molecular weight is 212 g/mol. The molecule has 0 bridgehead atoms. The number of rotatable bonds is 1. The van der Waals surface area contributed by atoms with Crippen molar-refractivity contribution >= 4 is 28.8 Å². The predicted octanol–water partition coefficient (Wildman–Crippen LogP) is 3.92. The normalized spacial score (nSPS) is 11.1. The van der Waals surface area contributed by atoms with Crippen molar-refractivity contribution in [1.82, 2.24) is 0 Å². The number of nitrogens with zero attached hydrogens (tertiary/aromatic N) is 1.